The van der Waals surface area contributed by atoms with E-state index in [1.165, 1.54) is 38.5 Å². The van der Waals surface area contributed by atoms with Crippen molar-refractivity contribution in [3.63, 3.8) is 0 Å². The Kier molecular flexibility index (Phi) is 16.0. The zero-order valence-electron chi connectivity index (χ0n) is 20.1. The molecule has 0 heterocycles. The molecule has 0 rings (SSSR count). The van der Waals surface area contributed by atoms with Crippen LogP contribution in [0.25, 0.3) is 0 Å². The summed E-state index contributed by atoms with van der Waals surface area (Å²) in [5.74, 6) is -1.45. The molecule has 2 unspecified atom stereocenters. The van der Waals surface area contributed by atoms with E-state index in [0.717, 1.165) is 38.5 Å². The molecule has 0 aromatic heterocycles. The summed E-state index contributed by atoms with van der Waals surface area (Å²) in [6.07, 6.45) is 14.7. The number of carbonyl (C=O) groups is 2. The average molecular weight is 429 g/mol. The first-order valence-corrected chi connectivity index (χ1v) is 12.4. The molecule has 0 bridgehead atoms. The molecule has 0 aliphatic rings. The van der Waals surface area contributed by atoms with Crippen LogP contribution >= 0.6 is 0 Å². The molecule has 0 saturated carbocycles. The molecule has 0 fully saturated rings. The number of hydrogen-bond donors (Lipinski definition) is 2. The molecule has 30 heavy (non-hydrogen) atoms. The van der Waals surface area contributed by atoms with Crippen molar-refractivity contribution in [3.05, 3.63) is 0 Å². The standard InChI is InChI=1S/C25H48O5/c1-5-8-10-12-14-16-18-24(4,20-22(26)27)30-23(28)21-25(29,7-3)19-17-15-13-11-9-6-2/h29H,5-21H2,1-4H3,(H,26,27). The highest BCUT2D eigenvalue weighted by atomic mass is 16.6. The van der Waals surface area contributed by atoms with E-state index in [4.69, 9.17) is 4.74 Å². The highest BCUT2D eigenvalue weighted by molar-refractivity contribution is 5.73. The SMILES string of the molecule is CCCCCCCCC(O)(CC)CC(=O)OC(C)(CCCCCCCC)CC(=O)O. The Hall–Kier alpha value is -1.10. The molecule has 0 aliphatic carbocycles. The fourth-order valence-electron chi connectivity index (χ4n) is 3.98. The molecule has 0 radical (unpaired) electrons. The van der Waals surface area contributed by atoms with Gasteiger partial charge >= 0.3 is 11.9 Å². The molecular weight excluding hydrogens is 380 g/mol. The summed E-state index contributed by atoms with van der Waals surface area (Å²) in [6.45, 7) is 7.96. The Balaban J connectivity index is 4.58. The highest BCUT2D eigenvalue weighted by Gasteiger charge is 2.35. The largest absolute Gasteiger partial charge is 0.481 e. The van der Waals surface area contributed by atoms with Gasteiger partial charge in [0.1, 0.15) is 5.60 Å². The minimum absolute atomic E-state index is 0.0653. The Bertz CT molecular complexity index is 464. The summed E-state index contributed by atoms with van der Waals surface area (Å²) in [5, 5.41) is 20.1. The number of hydrogen-bond acceptors (Lipinski definition) is 4. The Morgan fingerprint density at radius 1 is 0.733 bits per heavy atom. The first-order valence-electron chi connectivity index (χ1n) is 12.4. The van der Waals surface area contributed by atoms with Gasteiger partial charge in [-0.2, -0.15) is 0 Å². The minimum atomic E-state index is -1.06. The Morgan fingerprint density at radius 2 is 1.20 bits per heavy atom. The van der Waals surface area contributed by atoms with Gasteiger partial charge in [-0.15, -0.1) is 0 Å². The lowest BCUT2D eigenvalue weighted by Gasteiger charge is -2.31. The summed E-state index contributed by atoms with van der Waals surface area (Å²) in [5.41, 5.74) is -2.07. The van der Waals surface area contributed by atoms with E-state index in [2.05, 4.69) is 13.8 Å². The maximum Gasteiger partial charge on any atom is 0.309 e. The third-order valence-corrected chi connectivity index (χ3v) is 6.07. The number of carbonyl (C=O) groups excluding carboxylic acids is 1. The van der Waals surface area contributed by atoms with Crippen molar-refractivity contribution in [1.29, 1.82) is 0 Å². The van der Waals surface area contributed by atoms with Gasteiger partial charge in [-0.05, 0) is 32.6 Å². The molecule has 2 N–H and O–H groups in total. The van der Waals surface area contributed by atoms with Crippen LogP contribution in [0.2, 0.25) is 0 Å². The Morgan fingerprint density at radius 3 is 1.67 bits per heavy atom. The van der Waals surface area contributed by atoms with Gasteiger partial charge in [0.2, 0.25) is 0 Å². The molecule has 0 saturated heterocycles. The number of carboxylic acids is 1. The monoisotopic (exact) mass is 428 g/mol. The van der Waals surface area contributed by atoms with Crippen LogP contribution in [-0.2, 0) is 14.3 Å². The van der Waals surface area contributed by atoms with Crippen LogP contribution in [0.4, 0.5) is 0 Å². The lowest BCUT2D eigenvalue weighted by molar-refractivity contribution is -0.168. The number of aliphatic carboxylic acids is 1. The zero-order valence-corrected chi connectivity index (χ0v) is 20.1. The number of rotatable bonds is 20. The molecule has 5 heteroatoms. The Labute approximate surface area is 185 Å². The molecule has 178 valence electrons. The smallest absolute Gasteiger partial charge is 0.309 e. The lowest BCUT2D eigenvalue weighted by Crippen LogP contribution is -2.38. The van der Waals surface area contributed by atoms with Gasteiger partial charge in [-0.3, -0.25) is 9.59 Å². The van der Waals surface area contributed by atoms with Crippen molar-refractivity contribution in [1.82, 2.24) is 0 Å². The van der Waals surface area contributed by atoms with Crippen molar-refractivity contribution in [3.8, 4) is 0 Å². The number of aliphatic hydroxyl groups is 1. The van der Waals surface area contributed by atoms with Crippen molar-refractivity contribution < 1.29 is 24.5 Å². The fraction of sp³-hybridized carbons (Fsp3) is 0.920. The topological polar surface area (TPSA) is 83.8 Å². The molecule has 0 amide bonds. The predicted molar refractivity (Wildman–Crippen MR) is 123 cm³/mol. The van der Waals surface area contributed by atoms with Crippen LogP contribution < -0.4 is 0 Å². The maximum atomic E-state index is 12.6. The molecule has 0 aliphatic heterocycles. The van der Waals surface area contributed by atoms with Gasteiger partial charge in [0.15, 0.2) is 0 Å². The van der Waals surface area contributed by atoms with Crippen molar-refractivity contribution >= 4 is 11.9 Å². The molecule has 5 nitrogen and oxygen atoms in total. The number of esters is 1. The third kappa shape index (κ3) is 14.8. The van der Waals surface area contributed by atoms with Crippen LogP contribution in [0.15, 0.2) is 0 Å². The van der Waals surface area contributed by atoms with Crippen LogP contribution in [0.5, 0.6) is 0 Å². The quantitative estimate of drug-likeness (QED) is 0.165. The van der Waals surface area contributed by atoms with Crippen molar-refractivity contribution in [2.75, 3.05) is 0 Å². The van der Waals surface area contributed by atoms with Gasteiger partial charge in [0.05, 0.1) is 18.4 Å². The highest BCUT2D eigenvalue weighted by Crippen LogP contribution is 2.29. The second kappa shape index (κ2) is 16.6. The van der Waals surface area contributed by atoms with Crippen LogP contribution in [0.3, 0.4) is 0 Å². The first-order chi connectivity index (χ1) is 14.2. The summed E-state index contributed by atoms with van der Waals surface area (Å²) < 4.78 is 5.65. The van der Waals surface area contributed by atoms with E-state index in [0.29, 0.717) is 19.3 Å². The summed E-state index contributed by atoms with van der Waals surface area (Å²) >= 11 is 0. The van der Waals surface area contributed by atoms with E-state index in [-0.39, 0.29) is 12.8 Å². The van der Waals surface area contributed by atoms with Crippen molar-refractivity contribution in [2.24, 2.45) is 0 Å². The molecule has 2 atom stereocenters. The summed E-state index contributed by atoms with van der Waals surface area (Å²) in [4.78, 5) is 23.9. The number of unbranched alkanes of at least 4 members (excludes halogenated alkanes) is 10. The molecule has 0 aromatic carbocycles. The second-order valence-electron chi connectivity index (χ2n) is 9.28. The van der Waals surface area contributed by atoms with Gasteiger partial charge < -0.3 is 14.9 Å². The van der Waals surface area contributed by atoms with Gasteiger partial charge in [0, 0.05) is 0 Å². The molecule has 0 aromatic rings. The van der Waals surface area contributed by atoms with E-state index in [1.807, 2.05) is 6.92 Å². The van der Waals surface area contributed by atoms with Gasteiger partial charge in [-0.25, -0.2) is 0 Å². The zero-order chi connectivity index (χ0) is 22.9. The van der Waals surface area contributed by atoms with E-state index in [9.17, 15) is 19.8 Å². The van der Waals surface area contributed by atoms with Gasteiger partial charge in [0.25, 0.3) is 0 Å². The molecular formula is C25H48O5. The average Bonchev–Trinajstić information content (AvgIpc) is 2.66. The maximum absolute atomic E-state index is 12.6. The predicted octanol–water partition coefficient (Wildman–Crippen LogP) is 6.80. The minimum Gasteiger partial charge on any atom is -0.481 e. The second-order valence-corrected chi connectivity index (χ2v) is 9.28. The van der Waals surface area contributed by atoms with Crippen LogP contribution in [-0.4, -0.2) is 33.4 Å². The van der Waals surface area contributed by atoms with Crippen LogP contribution in [0, 0.1) is 0 Å². The molecule has 0 spiro atoms. The van der Waals surface area contributed by atoms with Crippen molar-refractivity contribution in [2.45, 2.75) is 148 Å². The normalized spacial score (nSPS) is 15.4. The van der Waals surface area contributed by atoms with Gasteiger partial charge in [-0.1, -0.05) is 91.4 Å². The third-order valence-electron chi connectivity index (χ3n) is 6.07. The number of ether oxygens (including phenoxy) is 1. The number of carboxylic acid groups (broad SMARTS) is 1. The lowest BCUT2D eigenvalue weighted by atomic mass is 9.89. The summed E-state index contributed by atoms with van der Waals surface area (Å²) in [7, 11) is 0. The van der Waals surface area contributed by atoms with Crippen LogP contribution in [0.1, 0.15) is 137 Å². The summed E-state index contributed by atoms with van der Waals surface area (Å²) in [6, 6.07) is 0. The van der Waals surface area contributed by atoms with E-state index < -0.39 is 23.1 Å². The fourth-order valence-corrected chi connectivity index (χ4v) is 3.98. The van der Waals surface area contributed by atoms with E-state index >= 15 is 0 Å². The van der Waals surface area contributed by atoms with E-state index in [1.54, 1.807) is 6.92 Å². The first kappa shape index (κ1) is 28.9.